The number of fused-ring (bicyclic) bond motifs is 1. The minimum atomic E-state index is -0.302. The molecule has 0 saturated carbocycles. The van der Waals surface area contributed by atoms with Gasteiger partial charge in [0.1, 0.15) is 17.2 Å². The minimum absolute atomic E-state index is 0. The Morgan fingerprint density at radius 3 is 2.85 bits per heavy atom. The molecule has 1 atom stereocenters. The van der Waals surface area contributed by atoms with E-state index >= 15 is 0 Å². The van der Waals surface area contributed by atoms with Crippen molar-refractivity contribution in [1.82, 2.24) is 5.32 Å². The lowest BCUT2D eigenvalue weighted by atomic mass is 10.1. The smallest absolute Gasteiger partial charge is 0.224 e. The van der Waals surface area contributed by atoms with Crippen molar-refractivity contribution in [3.05, 3.63) is 35.3 Å². The number of hydrogen-bond donors (Lipinski definition) is 2. The molecule has 0 saturated heterocycles. The first-order chi connectivity index (χ1) is 9.02. The first-order valence-corrected chi connectivity index (χ1v) is 6.18. The van der Waals surface area contributed by atoms with E-state index < -0.39 is 0 Å². The summed E-state index contributed by atoms with van der Waals surface area (Å²) >= 11 is 0. The van der Waals surface area contributed by atoms with Crippen LogP contribution in [0.15, 0.2) is 22.6 Å². The SMILES string of the molecule is Cc1c(CNC(=O)C(C)CN)oc2ccc(F)cc12.Cl. The molecule has 0 aliphatic rings. The van der Waals surface area contributed by atoms with Crippen LogP contribution in [0.1, 0.15) is 18.2 Å². The quantitative estimate of drug-likeness (QED) is 0.911. The Hall–Kier alpha value is -1.59. The van der Waals surface area contributed by atoms with Crippen molar-refractivity contribution < 1.29 is 13.6 Å². The first-order valence-electron chi connectivity index (χ1n) is 6.18. The van der Waals surface area contributed by atoms with E-state index in [1.54, 1.807) is 13.0 Å². The fourth-order valence-electron chi connectivity index (χ4n) is 1.86. The molecular formula is C14H18ClFN2O2. The highest BCUT2D eigenvalue weighted by molar-refractivity contribution is 5.85. The van der Waals surface area contributed by atoms with Gasteiger partial charge in [0.25, 0.3) is 0 Å². The van der Waals surface area contributed by atoms with Gasteiger partial charge < -0.3 is 15.5 Å². The number of halogens is 2. The number of carbonyl (C=O) groups is 1. The van der Waals surface area contributed by atoms with Gasteiger partial charge >= 0.3 is 0 Å². The van der Waals surface area contributed by atoms with Crippen molar-refractivity contribution in [2.24, 2.45) is 11.7 Å². The van der Waals surface area contributed by atoms with E-state index in [1.165, 1.54) is 12.1 Å². The van der Waals surface area contributed by atoms with E-state index in [9.17, 15) is 9.18 Å². The number of nitrogens with one attached hydrogen (secondary N) is 1. The maximum atomic E-state index is 13.2. The van der Waals surface area contributed by atoms with Crippen molar-refractivity contribution in [2.45, 2.75) is 20.4 Å². The normalized spacial score (nSPS) is 12.0. The van der Waals surface area contributed by atoms with E-state index in [0.717, 1.165) is 10.9 Å². The van der Waals surface area contributed by atoms with Crippen LogP contribution in [0.5, 0.6) is 0 Å². The van der Waals surface area contributed by atoms with E-state index in [2.05, 4.69) is 5.32 Å². The molecular weight excluding hydrogens is 283 g/mol. The highest BCUT2D eigenvalue weighted by Crippen LogP contribution is 2.25. The van der Waals surface area contributed by atoms with Gasteiger partial charge in [0.15, 0.2) is 0 Å². The molecule has 0 spiro atoms. The second-order valence-electron chi connectivity index (χ2n) is 4.65. The number of benzene rings is 1. The molecule has 110 valence electrons. The predicted octanol–water partition coefficient (Wildman–Crippen LogP) is 2.51. The molecule has 3 N–H and O–H groups in total. The zero-order valence-electron chi connectivity index (χ0n) is 11.4. The monoisotopic (exact) mass is 300 g/mol. The Bertz CT molecular complexity index is 612. The molecule has 2 aromatic rings. The Morgan fingerprint density at radius 1 is 1.50 bits per heavy atom. The summed E-state index contributed by atoms with van der Waals surface area (Å²) in [4.78, 5) is 11.6. The zero-order chi connectivity index (χ0) is 14.0. The Balaban J connectivity index is 0.00000200. The third kappa shape index (κ3) is 3.29. The standard InChI is InChI=1S/C14H17FN2O2.ClH/c1-8(6-16)14(18)17-7-13-9(2)11-5-10(15)3-4-12(11)19-13;/h3-5,8H,6-7,16H2,1-2H3,(H,17,18);1H. The second-order valence-corrected chi connectivity index (χ2v) is 4.65. The van der Waals surface area contributed by atoms with E-state index in [-0.39, 0.29) is 36.6 Å². The van der Waals surface area contributed by atoms with Gasteiger partial charge in [-0.25, -0.2) is 4.39 Å². The Morgan fingerprint density at radius 2 is 2.20 bits per heavy atom. The molecule has 0 bridgehead atoms. The molecule has 2 rings (SSSR count). The predicted molar refractivity (Wildman–Crippen MR) is 78.2 cm³/mol. The lowest BCUT2D eigenvalue weighted by Crippen LogP contribution is -2.32. The van der Waals surface area contributed by atoms with Gasteiger partial charge in [0, 0.05) is 23.4 Å². The highest BCUT2D eigenvalue weighted by Gasteiger charge is 2.14. The van der Waals surface area contributed by atoms with Crippen molar-refractivity contribution in [3.63, 3.8) is 0 Å². The van der Waals surface area contributed by atoms with Gasteiger partial charge in [0.05, 0.1) is 6.54 Å². The lowest BCUT2D eigenvalue weighted by molar-refractivity contribution is -0.124. The molecule has 0 radical (unpaired) electrons. The average molecular weight is 301 g/mol. The largest absolute Gasteiger partial charge is 0.459 e. The van der Waals surface area contributed by atoms with Crippen LogP contribution in [0, 0.1) is 18.7 Å². The van der Waals surface area contributed by atoms with Gasteiger partial charge in [-0.2, -0.15) is 0 Å². The van der Waals surface area contributed by atoms with Gasteiger partial charge in [-0.1, -0.05) is 6.92 Å². The summed E-state index contributed by atoms with van der Waals surface area (Å²) in [6, 6.07) is 4.37. The van der Waals surface area contributed by atoms with E-state index in [4.69, 9.17) is 10.2 Å². The van der Waals surface area contributed by atoms with Crippen molar-refractivity contribution in [2.75, 3.05) is 6.54 Å². The number of furan rings is 1. The zero-order valence-corrected chi connectivity index (χ0v) is 12.2. The van der Waals surface area contributed by atoms with E-state index in [0.29, 0.717) is 17.9 Å². The van der Waals surface area contributed by atoms with Crippen LogP contribution in [0.25, 0.3) is 11.0 Å². The number of carbonyl (C=O) groups excluding carboxylic acids is 1. The van der Waals surface area contributed by atoms with Crippen LogP contribution in [0.2, 0.25) is 0 Å². The fourth-order valence-corrected chi connectivity index (χ4v) is 1.86. The van der Waals surface area contributed by atoms with Crippen molar-refractivity contribution in [3.8, 4) is 0 Å². The Labute approximate surface area is 122 Å². The van der Waals surface area contributed by atoms with Gasteiger partial charge in [-0.15, -0.1) is 12.4 Å². The molecule has 1 heterocycles. The summed E-state index contributed by atoms with van der Waals surface area (Å²) in [5.74, 6) is -0.0161. The van der Waals surface area contributed by atoms with E-state index in [1.807, 2.05) is 6.92 Å². The molecule has 4 nitrogen and oxygen atoms in total. The summed E-state index contributed by atoms with van der Waals surface area (Å²) in [5.41, 5.74) is 6.89. The molecule has 6 heteroatoms. The first kappa shape index (κ1) is 16.5. The number of rotatable bonds is 4. The number of amides is 1. The highest BCUT2D eigenvalue weighted by atomic mass is 35.5. The Kier molecular flexibility index (Phi) is 5.53. The number of aryl methyl sites for hydroxylation is 1. The molecule has 1 aromatic heterocycles. The maximum absolute atomic E-state index is 13.2. The molecule has 0 aliphatic carbocycles. The van der Waals surface area contributed by atoms with Gasteiger partial charge in [0.2, 0.25) is 5.91 Å². The molecule has 1 unspecified atom stereocenters. The fraction of sp³-hybridized carbons (Fsp3) is 0.357. The summed E-state index contributed by atoms with van der Waals surface area (Å²) in [6.07, 6.45) is 0. The van der Waals surface area contributed by atoms with Crippen LogP contribution in [-0.2, 0) is 11.3 Å². The molecule has 1 aromatic carbocycles. The van der Waals surface area contributed by atoms with Crippen LogP contribution in [-0.4, -0.2) is 12.5 Å². The lowest BCUT2D eigenvalue weighted by Gasteiger charge is -2.08. The summed E-state index contributed by atoms with van der Waals surface area (Å²) in [5, 5.41) is 3.49. The minimum Gasteiger partial charge on any atom is -0.459 e. The van der Waals surface area contributed by atoms with Gasteiger partial charge in [-0.05, 0) is 25.1 Å². The molecule has 0 aliphatic heterocycles. The van der Waals surface area contributed by atoms with Crippen LogP contribution in [0.3, 0.4) is 0 Å². The number of nitrogens with two attached hydrogens (primary N) is 1. The van der Waals surface area contributed by atoms with Crippen molar-refractivity contribution >= 4 is 29.3 Å². The molecule has 0 fully saturated rings. The second kappa shape index (κ2) is 6.72. The maximum Gasteiger partial charge on any atom is 0.224 e. The third-order valence-corrected chi connectivity index (χ3v) is 3.22. The van der Waals surface area contributed by atoms with Crippen LogP contribution >= 0.6 is 12.4 Å². The van der Waals surface area contributed by atoms with Crippen LogP contribution < -0.4 is 11.1 Å². The summed E-state index contributed by atoms with van der Waals surface area (Å²) in [7, 11) is 0. The molecule has 20 heavy (non-hydrogen) atoms. The number of hydrogen-bond acceptors (Lipinski definition) is 3. The van der Waals surface area contributed by atoms with Crippen molar-refractivity contribution in [1.29, 1.82) is 0 Å². The summed E-state index contributed by atoms with van der Waals surface area (Å²) in [6.45, 7) is 4.19. The summed E-state index contributed by atoms with van der Waals surface area (Å²) < 4.78 is 18.8. The van der Waals surface area contributed by atoms with Gasteiger partial charge in [-0.3, -0.25) is 4.79 Å². The third-order valence-electron chi connectivity index (χ3n) is 3.22. The topological polar surface area (TPSA) is 68.3 Å². The molecule has 1 amide bonds. The average Bonchev–Trinajstić information content (AvgIpc) is 2.72. The van der Waals surface area contributed by atoms with Crippen LogP contribution in [0.4, 0.5) is 4.39 Å².